The maximum atomic E-state index is 11.5. The molecule has 2 aromatic rings. The van der Waals surface area contributed by atoms with E-state index in [9.17, 15) is 4.79 Å². The number of carbonyl (C=O) groups excluding carboxylic acids is 1. The predicted octanol–water partition coefficient (Wildman–Crippen LogP) is 2.54. The van der Waals surface area contributed by atoms with Crippen molar-refractivity contribution in [3.05, 3.63) is 28.5 Å². The number of hydrogen-bond donors (Lipinski definition) is 2. The molecule has 106 valence electrons. The number of anilines is 1. The maximum absolute atomic E-state index is 11.5. The molecule has 0 bridgehead atoms. The van der Waals surface area contributed by atoms with E-state index in [2.05, 4.69) is 19.9 Å². The number of hydrogen-bond acceptors (Lipinski definition) is 6. The number of nitrogens with one attached hydrogen (secondary N) is 1. The molecule has 1 aromatic heterocycles. The summed E-state index contributed by atoms with van der Waals surface area (Å²) in [4.78, 5) is 16.3. The van der Waals surface area contributed by atoms with Gasteiger partial charge in [0.15, 0.2) is 0 Å². The summed E-state index contributed by atoms with van der Waals surface area (Å²) in [7, 11) is 1.30. The first-order valence-electron chi connectivity index (χ1n) is 5.81. The number of rotatable bonds is 4. The molecular formula is C12H13ClN4O2S. The van der Waals surface area contributed by atoms with Gasteiger partial charge in [0.2, 0.25) is 5.16 Å². The number of halogens is 1. The lowest BCUT2D eigenvalue weighted by Gasteiger charge is -2.08. The molecule has 0 fully saturated rings. The van der Waals surface area contributed by atoms with Gasteiger partial charge in [0.25, 0.3) is 0 Å². The van der Waals surface area contributed by atoms with Crippen LogP contribution < -0.4 is 5.73 Å². The SMILES string of the molecule is CCc1nc(Sc2c(N)cc(C(=O)OC)cc2Cl)n[nH]1. The van der Waals surface area contributed by atoms with Crippen LogP contribution in [0.25, 0.3) is 0 Å². The fraction of sp³-hybridized carbons (Fsp3) is 0.250. The molecule has 1 heterocycles. The van der Waals surface area contributed by atoms with E-state index < -0.39 is 5.97 Å². The van der Waals surface area contributed by atoms with Crippen molar-refractivity contribution in [3.63, 3.8) is 0 Å². The molecule has 6 nitrogen and oxygen atoms in total. The summed E-state index contributed by atoms with van der Waals surface area (Å²) >= 11 is 7.39. The lowest BCUT2D eigenvalue weighted by molar-refractivity contribution is 0.0600. The van der Waals surface area contributed by atoms with Gasteiger partial charge in [-0.15, -0.1) is 5.10 Å². The highest BCUT2D eigenvalue weighted by atomic mass is 35.5. The number of benzene rings is 1. The number of ether oxygens (including phenoxy) is 1. The summed E-state index contributed by atoms with van der Waals surface area (Å²) < 4.78 is 4.63. The van der Waals surface area contributed by atoms with Crippen LogP contribution in [0.15, 0.2) is 22.2 Å². The van der Waals surface area contributed by atoms with Gasteiger partial charge in [-0.1, -0.05) is 18.5 Å². The summed E-state index contributed by atoms with van der Waals surface area (Å²) in [6, 6.07) is 3.03. The van der Waals surface area contributed by atoms with Gasteiger partial charge in [-0.2, -0.15) is 0 Å². The molecule has 3 N–H and O–H groups in total. The zero-order chi connectivity index (χ0) is 14.7. The molecule has 0 atom stereocenters. The predicted molar refractivity (Wildman–Crippen MR) is 77.1 cm³/mol. The molecule has 1 aromatic carbocycles. The van der Waals surface area contributed by atoms with Crippen LogP contribution in [-0.4, -0.2) is 28.3 Å². The van der Waals surface area contributed by atoms with Gasteiger partial charge in [-0.3, -0.25) is 5.10 Å². The third kappa shape index (κ3) is 3.05. The van der Waals surface area contributed by atoms with Crippen LogP contribution in [0.3, 0.4) is 0 Å². The molecule has 8 heteroatoms. The molecule has 0 saturated carbocycles. The summed E-state index contributed by atoms with van der Waals surface area (Å²) in [5.41, 5.74) is 6.61. The topological polar surface area (TPSA) is 93.9 Å². The Bertz CT molecular complexity index is 621. The quantitative estimate of drug-likeness (QED) is 0.665. The van der Waals surface area contributed by atoms with E-state index >= 15 is 0 Å². The second-order valence-corrected chi connectivity index (χ2v) is 5.27. The minimum atomic E-state index is -0.485. The zero-order valence-corrected chi connectivity index (χ0v) is 12.5. The van der Waals surface area contributed by atoms with E-state index in [1.165, 1.54) is 31.0 Å². The summed E-state index contributed by atoms with van der Waals surface area (Å²) in [5, 5.41) is 7.76. The summed E-state index contributed by atoms with van der Waals surface area (Å²) in [5.74, 6) is 0.301. The average molecular weight is 313 g/mol. The molecule has 0 aliphatic carbocycles. The maximum Gasteiger partial charge on any atom is 0.337 e. The van der Waals surface area contributed by atoms with Crippen molar-refractivity contribution in [3.8, 4) is 0 Å². The smallest absolute Gasteiger partial charge is 0.337 e. The van der Waals surface area contributed by atoms with Crippen LogP contribution in [0.5, 0.6) is 0 Å². The van der Waals surface area contributed by atoms with Gasteiger partial charge < -0.3 is 10.5 Å². The van der Waals surface area contributed by atoms with E-state index in [4.69, 9.17) is 17.3 Å². The molecule has 0 unspecified atom stereocenters. The van der Waals surface area contributed by atoms with Gasteiger partial charge in [-0.05, 0) is 23.9 Å². The minimum Gasteiger partial charge on any atom is -0.465 e. The molecule has 0 saturated heterocycles. The summed E-state index contributed by atoms with van der Waals surface area (Å²) in [6.45, 7) is 1.97. The van der Waals surface area contributed by atoms with Crippen molar-refractivity contribution < 1.29 is 9.53 Å². The summed E-state index contributed by atoms with van der Waals surface area (Å²) in [6.07, 6.45) is 0.762. The largest absolute Gasteiger partial charge is 0.465 e. The Kier molecular flexibility index (Phi) is 4.51. The molecule has 0 spiro atoms. The zero-order valence-electron chi connectivity index (χ0n) is 10.9. The number of nitrogens with zero attached hydrogens (tertiary/aromatic N) is 2. The molecule has 20 heavy (non-hydrogen) atoms. The van der Waals surface area contributed by atoms with Gasteiger partial charge in [0, 0.05) is 12.1 Å². The van der Waals surface area contributed by atoms with E-state index in [1.54, 1.807) is 0 Å². The Hall–Kier alpha value is -1.73. The highest BCUT2D eigenvalue weighted by Crippen LogP contribution is 2.37. The van der Waals surface area contributed by atoms with Crippen LogP contribution in [-0.2, 0) is 11.2 Å². The highest BCUT2D eigenvalue weighted by molar-refractivity contribution is 7.99. The first-order chi connectivity index (χ1) is 9.55. The number of H-pyrrole nitrogens is 1. The van der Waals surface area contributed by atoms with E-state index in [1.807, 2.05) is 6.92 Å². The molecular weight excluding hydrogens is 300 g/mol. The number of aromatic nitrogens is 3. The van der Waals surface area contributed by atoms with Gasteiger partial charge in [0.05, 0.1) is 22.6 Å². The number of carbonyl (C=O) groups is 1. The Morgan fingerprint density at radius 1 is 1.55 bits per heavy atom. The standard InChI is InChI=1S/C12H13ClN4O2S/c1-3-9-15-12(17-16-9)20-10-7(13)4-6(5-8(10)14)11(18)19-2/h4-5H,3,14H2,1-2H3,(H,15,16,17). The van der Waals surface area contributed by atoms with E-state index in [0.29, 0.717) is 26.3 Å². The van der Waals surface area contributed by atoms with Crippen LogP contribution in [0.1, 0.15) is 23.1 Å². The van der Waals surface area contributed by atoms with Crippen molar-refractivity contribution >= 4 is 35.0 Å². The lowest BCUT2D eigenvalue weighted by atomic mass is 10.2. The third-order valence-electron chi connectivity index (χ3n) is 2.53. The Labute approximate surface area is 125 Å². The number of esters is 1. The minimum absolute atomic E-state index is 0.309. The van der Waals surface area contributed by atoms with Gasteiger partial charge >= 0.3 is 5.97 Å². The van der Waals surface area contributed by atoms with Crippen molar-refractivity contribution in [2.75, 3.05) is 12.8 Å². The van der Waals surface area contributed by atoms with Crippen molar-refractivity contribution in [2.45, 2.75) is 23.4 Å². The van der Waals surface area contributed by atoms with Gasteiger partial charge in [-0.25, -0.2) is 9.78 Å². The molecule has 0 radical (unpaired) electrons. The lowest BCUT2D eigenvalue weighted by Crippen LogP contribution is -2.03. The van der Waals surface area contributed by atoms with Crippen LogP contribution in [0, 0.1) is 0 Å². The Morgan fingerprint density at radius 2 is 2.30 bits per heavy atom. The first-order valence-corrected chi connectivity index (χ1v) is 7.01. The fourth-order valence-corrected chi connectivity index (χ4v) is 2.64. The van der Waals surface area contributed by atoms with Crippen LogP contribution in [0.4, 0.5) is 5.69 Å². The third-order valence-corrected chi connectivity index (χ3v) is 3.97. The van der Waals surface area contributed by atoms with Crippen molar-refractivity contribution in [1.29, 1.82) is 0 Å². The average Bonchev–Trinajstić information content (AvgIpc) is 2.89. The Morgan fingerprint density at radius 3 is 2.85 bits per heavy atom. The number of methoxy groups -OCH3 is 1. The number of aryl methyl sites for hydroxylation is 1. The van der Waals surface area contributed by atoms with Crippen LogP contribution in [0.2, 0.25) is 5.02 Å². The molecule has 0 aliphatic heterocycles. The van der Waals surface area contributed by atoms with E-state index in [0.717, 1.165) is 12.2 Å². The number of nitrogens with two attached hydrogens (primary N) is 1. The van der Waals surface area contributed by atoms with Gasteiger partial charge in [0.1, 0.15) is 5.82 Å². The monoisotopic (exact) mass is 312 g/mol. The van der Waals surface area contributed by atoms with E-state index in [-0.39, 0.29) is 0 Å². The first kappa shape index (κ1) is 14.7. The second-order valence-electron chi connectivity index (χ2n) is 3.89. The van der Waals surface area contributed by atoms with Crippen molar-refractivity contribution in [2.24, 2.45) is 0 Å². The van der Waals surface area contributed by atoms with Crippen LogP contribution >= 0.6 is 23.4 Å². The normalized spacial score (nSPS) is 10.6. The number of aromatic amines is 1. The second kappa shape index (κ2) is 6.15. The fourth-order valence-electron chi connectivity index (χ4n) is 1.53. The number of nitrogen functional groups attached to an aromatic ring is 1. The van der Waals surface area contributed by atoms with Crippen molar-refractivity contribution in [1.82, 2.24) is 15.2 Å². The molecule has 2 rings (SSSR count). The highest BCUT2D eigenvalue weighted by Gasteiger charge is 2.15. The Balaban J connectivity index is 2.30. The molecule has 0 aliphatic rings. The molecule has 0 amide bonds.